The van der Waals surface area contributed by atoms with Crippen molar-refractivity contribution in [3.8, 4) is 0 Å². The third-order valence-electron chi connectivity index (χ3n) is 0.678. The number of aliphatic hydroxyl groups excluding tert-OH is 1. The molecule has 1 atom stereocenters. The van der Waals surface area contributed by atoms with Crippen molar-refractivity contribution in [3.05, 3.63) is 0 Å². The van der Waals surface area contributed by atoms with Crippen LogP contribution in [0, 0.1) is 0 Å². The third-order valence-corrected chi connectivity index (χ3v) is 0.678. The average Bonchev–Trinajstić information content (AvgIpc) is 1.68. The highest BCUT2D eigenvalue weighted by Gasteiger charge is 1.97. The van der Waals surface area contributed by atoms with E-state index in [4.69, 9.17) is 10.8 Å². The molecule has 0 amide bonds. The highest BCUT2D eigenvalue weighted by molar-refractivity contribution is 4.50. The number of rotatable bonds is 3. The Kier molecular flexibility index (Phi) is 3.93. The molecule has 0 aliphatic heterocycles. The summed E-state index contributed by atoms with van der Waals surface area (Å²) in [5.74, 6) is 0. The van der Waals surface area contributed by atoms with Crippen molar-refractivity contribution in [2.75, 3.05) is 13.2 Å². The first-order valence-electron chi connectivity index (χ1n) is 2.25. The predicted octanol–water partition coefficient (Wildman–Crippen LogP) is -0.334. The summed E-state index contributed by atoms with van der Waals surface area (Å²) in [6.07, 6.45) is -0.485. The van der Waals surface area contributed by atoms with Gasteiger partial charge in [-0.15, -0.1) is 0 Å². The molecule has 7 heavy (non-hydrogen) atoms. The number of alkyl halides is 1. The lowest BCUT2D eigenvalue weighted by Crippen LogP contribution is -2.14. The second-order valence-corrected chi connectivity index (χ2v) is 1.39. The molecule has 0 aliphatic rings. The zero-order valence-electron chi connectivity index (χ0n) is 4.10. The van der Waals surface area contributed by atoms with Gasteiger partial charge in [-0.1, -0.05) is 0 Å². The van der Waals surface area contributed by atoms with Gasteiger partial charge >= 0.3 is 0 Å². The van der Waals surface area contributed by atoms with E-state index in [0.29, 0.717) is 13.0 Å². The maximum atomic E-state index is 11.3. The maximum Gasteiger partial charge on any atom is 0.115 e. The van der Waals surface area contributed by atoms with E-state index in [9.17, 15) is 4.39 Å². The zero-order chi connectivity index (χ0) is 5.70. The van der Waals surface area contributed by atoms with Gasteiger partial charge in [0.1, 0.15) is 6.67 Å². The largest absolute Gasteiger partial charge is 0.390 e. The number of aliphatic hydroxyl groups is 1. The van der Waals surface area contributed by atoms with Crippen LogP contribution in [0.15, 0.2) is 0 Å². The van der Waals surface area contributed by atoms with Crippen LogP contribution in [-0.2, 0) is 0 Å². The molecule has 44 valence electrons. The molecule has 3 heteroatoms. The lowest BCUT2D eigenvalue weighted by Gasteiger charge is -1.99. The molecule has 0 aliphatic carbocycles. The van der Waals surface area contributed by atoms with Crippen LogP contribution in [0.4, 0.5) is 4.39 Å². The van der Waals surface area contributed by atoms with Gasteiger partial charge < -0.3 is 10.8 Å². The fourth-order valence-electron chi connectivity index (χ4n) is 0.270. The fraction of sp³-hybridized carbons (Fsp3) is 1.00. The molecule has 0 radical (unpaired) electrons. The van der Waals surface area contributed by atoms with Gasteiger partial charge in [0.25, 0.3) is 0 Å². The van der Waals surface area contributed by atoms with Crippen LogP contribution in [0.2, 0.25) is 0 Å². The second-order valence-electron chi connectivity index (χ2n) is 1.39. The Morgan fingerprint density at radius 3 is 2.43 bits per heavy atom. The molecule has 0 aromatic carbocycles. The summed E-state index contributed by atoms with van der Waals surface area (Å²) in [5.41, 5.74) is 4.98. The Morgan fingerprint density at radius 1 is 1.71 bits per heavy atom. The number of hydrogen-bond acceptors (Lipinski definition) is 2. The molecular weight excluding hydrogens is 97.0 g/mol. The molecule has 0 rings (SSSR count). The number of hydrogen-bond donors (Lipinski definition) is 2. The molecule has 0 spiro atoms. The van der Waals surface area contributed by atoms with Crippen LogP contribution in [0.5, 0.6) is 0 Å². The van der Waals surface area contributed by atoms with Crippen molar-refractivity contribution in [3.63, 3.8) is 0 Å². The van der Waals surface area contributed by atoms with Gasteiger partial charge in [-0.3, -0.25) is 0 Å². The standard InChI is InChI=1S/C4H10FNO/c5-3-4(7)1-2-6/h4,7H,1-3,6H2/t4-/m1/s1. The topological polar surface area (TPSA) is 46.2 Å². The monoisotopic (exact) mass is 107 g/mol. The van der Waals surface area contributed by atoms with Gasteiger partial charge in [0.15, 0.2) is 0 Å². The Hall–Kier alpha value is -0.150. The highest BCUT2D eigenvalue weighted by atomic mass is 19.1. The highest BCUT2D eigenvalue weighted by Crippen LogP contribution is 1.87. The minimum atomic E-state index is -0.843. The second kappa shape index (κ2) is 4.02. The minimum Gasteiger partial charge on any atom is -0.390 e. The fourth-order valence-corrected chi connectivity index (χ4v) is 0.270. The van der Waals surface area contributed by atoms with Crippen LogP contribution in [-0.4, -0.2) is 24.4 Å². The Labute approximate surface area is 42.1 Å². The molecule has 0 unspecified atom stereocenters. The molecule has 0 fully saturated rings. The van der Waals surface area contributed by atoms with Gasteiger partial charge in [0.2, 0.25) is 0 Å². The molecule has 0 aromatic heterocycles. The van der Waals surface area contributed by atoms with Crippen LogP contribution in [0.1, 0.15) is 6.42 Å². The molecule has 2 nitrogen and oxygen atoms in total. The van der Waals surface area contributed by atoms with E-state index in [1.54, 1.807) is 0 Å². The van der Waals surface area contributed by atoms with Crippen LogP contribution >= 0.6 is 0 Å². The van der Waals surface area contributed by atoms with E-state index in [2.05, 4.69) is 0 Å². The van der Waals surface area contributed by atoms with E-state index < -0.39 is 12.8 Å². The van der Waals surface area contributed by atoms with Gasteiger partial charge in [-0.2, -0.15) is 0 Å². The predicted molar refractivity (Wildman–Crippen MR) is 25.7 cm³/mol. The van der Waals surface area contributed by atoms with E-state index in [-0.39, 0.29) is 0 Å². The first-order chi connectivity index (χ1) is 3.31. The molecule has 0 bridgehead atoms. The molecule has 0 saturated heterocycles. The zero-order valence-corrected chi connectivity index (χ0v) is 4.10. The van der Waals surface area contributed by atoms with Gasteiger partial charge in [-0.05, 0) is 13.0 Å². The van der Waals surface area contributed by atoms with Gasteiger partial charge in [0.05, 0.1) is 6.10 Å². The van der Waals surface area contributed by atoms with Gasteiger partial charge in [0, 0.05) is 0 Å². The number of nitrogens with two attached hydrogens (primary N) is 1. The van der Waals surface area contributed by atoms with Gasteiger partial charge in [-0.25, -0.2) is 4.39 Å². The summed E-state index contributed by atoms with van der Waals surface area (Å²) in [5, 5.41) is 8.40. The normalized spacial score (nSPS) is 14.1. The average molecular weight is 107 g/mol. The Balaban J connectivity index is 2.83. The molecule has 0 aromatic rings. The molecule has 0 heterocycles. The lowest BCUT2D eigenvalue weighted by molar-refractivity contribution is 0.133. The molecule has 0 saturated carbocycles. The molecular formula is C4H10FNO. The van der Waals surface area contributed by atoms with Crippen molar-refractivity contribution in [2.24, 2.45) is 5.73 Å². The summed E-state index contributed by atoms with van der Waals surface area (Å²) in [7, 11) is 0. The van der Waals surface area contributed by atoms with Crippen molar-refractivity contribution < 1.29 is 9.50 Å². The van der Waals surface area contributed by atoms with Crippen molar-refractivity contribution in [2.45, 2.75) is 12.5 Å². The number of halogens is 1. The first kappa shape index (κ1) is 6.85. The Bertz CT molecular complexity index is 42.7. The minimum absolute atomic E-state index is 0.352. The van der Waals surface area contributed by atoms with E-state index in [1.807, 2.05) is 0 Å². The van der Waals surface area contributed by atoms with E-state index in [0.717, 1.165) is 0 Å². The summed E-state index contributed by atoms with van der Waals surface area (Å²) < 4.78 is 11.3. The van der Waals surface area contributed by atoms with Crippen molar-refractivity contribution in [1.29, 1.82) is 0 Å². The third kappa shape index (κ3) is 3.69. The summed E-state index contributed by atoms with van der Waals surface area (Å²) in [6.45, 7) is -0.331. The summed E-state index contributed by atoms with van der Waals surface area (Å²) >= 11 is 0. The van der Waals surface area contributed by atoms with Crippen molar-refractivity contribution in [1.82, 2.24) is 0 Å². The van der Waals surface area contributed by atoms with E-state index in [1.165, 1.54) is 0 Å². The smallest absolute Gasteiger partial charge is 0.115 e. The Morgan fingerprint density at radius 2 is 2.29 bits per heavy atom. The van der Waals surface area contributed by atoms with Crippen LogP contribution in [0.3, 0.4) is 0 Å². The van der Waals surface area contributed by atoms with Crippen LogP contribution in [0.25, 0.3) is 0 Å². The summed E-state index contributed by atoms with van der Waals surface area (Å²) in [4.78, 5) is 0. The SMILES string of the molecule is NCC[C@@H](O)CF. The maximum absolute atomic E-state index is 11.3. The molecule has 3 N–H and O–H groups in total. The lowest BCUT2D eigenvalue weighted by atomic mass is 10.3. The van der Waals surface area contributed by atoms with Crippen molar-refractivity contribution >= 4 is 0 Å². The van der Waals surface area contributed by atoms with E-state index >= 15 is 0 Å². The summed E-state index contributed by atoms with van der Waals surface area (Å²) in [6, 6.07) is 0. The quantitative estimate of drug-likeness (QED) is 0.518. The van der Waals surface area contributed by atoms with Crippen LogP contribution < -0.4 is 5.73 Å². The first-order valence-corrected chi connectivity index (χ1v) is 2.25.